The molecule has 1 aliphatic heterocycles. The molecule has 84 valence electrons. The Morgan fingerprint density at radius 1 is 1.00 bits per heavy atom. The zero-order chi connectivity index (χ0) is 11.7. The van der Waals surface area contributed by atoms with Crippen LogP contribution in [0.1, 0.15) is 16.7 Å². The molecule has 0 fully saturated rings. The van der Waals surface area contributed by atoms with Crippen molar-refractivity contribution in [2.24, 2.45) is 0 Å². The van der Waals surface area contributed by atoms with Gasteiger partial charge in [0.15, 0.2) is 0 Å². The molecule has 0 aliphatic carbocycles. The van der Waals surface area contributed by atoms with Crippen molar-refractivity contribution >= 4 is 23.4 Å². The molecule has 3 rings (SSSR count). The standard InChI is InChI=1S/C15H11ClO/c16-14-8-4-2-5-11(14)9-15-13-7-3-1-6-12(13)10-17-15/h1-9H,10H2/b15-9-. The normalized spacial score (nSPS) is 15.7. The number of hydrogen-bond donors (Lipinski definition) is 0. The molecule has 0 amide bonds. The Kier molecular flexibility index (Phi) is 2.62. The third-order valence-electron chi connectivity index (χ3n) is 2.86. The fourth-order valence-corrected chi connectivity index (χ4v) is 2.16. The number of hydrogen-bond acceptors (Lipinski definition) is 1. The minimum absolute atomic E-state index is 0.645. The van der Waals surface area contributed by atoms with Crippen LogP contribution in [-0.2, 0) is 11.3 Å². The van der Waals surface area contributed by atoms with E-state index >= 15 is 0 Å². The molecule has 0 saturated carbocycles. The third kappa shape index (κ3) is 1.94. The minimum atomic E-state index is 0.645. The lowest BCUT2D eigenvalue weighted by molar-refractivity contribution is 0.287. The van der Waals surface area contributed by atoms with Gasteiger partial charge in [-0.1, -0.05) is 54.1 Å². The van der Waals surface area contributed by atoms with Crippen LogP contribution in [-0.4, -0.2) is 0 Å². The molecule has 0 bridgehead atoms. The molecular formula is C15H11ClO. The molecule has 0 aromatic heterocycles. The smallest absolute Gasteiger partial charge is 0.128 e. The van der Waals surface area contributed by atoms with Gasteiger partial charge in [0.2, 0.25) is 0 Å². The highest BCUT2D eigenvalue weighted by atomic mass is 35.5. The molecule has 0 unspecified atom stereocenters. The first-order chi connectivity index (χ1) is 8.34. The van der Waals surface area contributed by atoms with E-state index in [0.29, 0.717) is 6.61 Å². The maximum atomic E-state index is 6.13. The molecule has 0 N–H and O–H groups in total. The Bertz CT molecular complexity index is 587. The molecule has 0 radical (unpaired) electrons. The highest BCUT2D eigenvalue weighted by molar-refractivity contribution is 6.32. The second kappa shape index (κ2) is 4.27. The predicted molar refractivity (Wildman–Crippen MR) is 70.6 cm³/mol. The zero-order valence-electron chi connectivity index (χ0n) is 9.19. The monoisotopic (exact) mass is 242 g/mol. The maximum Gasteiger partial charge on any atom is 0.128 e. The van der Waals surface area contributed by atoms with Crippen LogP contribution >= 0.6 is 11.6 Å². The first kappa shape index (κ1) is 10.4. The van der Waals surface area contributed by atoms with Crippen molar-refractivity contribution < 1.29 is 4.74 Å². The number of halogens is 1. The van der Waals surface area contributed by atoms with Crippen molar-refractivity contribution in [1.82, 2.24) is 0 Å². The van der Waals surface area contributed by atoms with Crippen molar-refractivity contribution in [3.8, 4) is 0 Å². The summed E-state index contributed by atoms with van der Waals surface area (Å²) >= 11 is 6.13. The van der Waals surface area contributed by atoms with Crippen molar-refractivity contribution in [2.45, 2.75) is 6.61 Å². The van der Waals surface area contributed by atoms with Crippen LogP contribution < -0.4 is 0 Å². The summed E-state index contributed by atoms with van der Waals surface area (Å²) in [5, 5.41) is 0.744. The molecule has 2 heteroatoms. The van der Waals surface area contributed by atoms with Gasteiger partial charge in [-0.2, -0.15) is 0 Å². The van der Waals surface area contributed by atoms with E-state index in [1.807, 2.05) is 42.5 Å². The summed E-state index contributed by atoms with van der Waals surface area (Å²) < 4.78 is 5.68. The van der Waals surface area contributed by atoms with E-state index in [1.165, 1.54) is 5.56 Å². The van der Waals surface area contributed by atoms with Gasteiger partial charge < -0.3 is 4.74 Å². The van der Waals surface area contributed by atoms with Crippen LogP contribution in [0.3, 0.4) is 0 Å². The van der Waals surface area contributed by atoms with Crippen molar-refractivity contribution in [3.63, 3.8) is 0 Å². The third-order valence-corrected chi connectivity index (χ3v) is 3.20. The second-order valence-electron chi connectivity index (χ2n) is 3.98. The summed E-state index contributed by atoms with van der Waals surface area (Å²) in [5.74, 6) is 0.897. The van der Waals surface area contributed by atoms with Gasteiger partial charge in [-0.25, -0.2) is 0 Å². The summed E-state index contributed by atoms with van der Waals surface area (Å²) in [4.78, 5) is 0. The van der Waals surface area contributed by atoms with E-state index in [2.05, 4.69) is 12.1 Å². The summed E-state index contributed by atoms with van der Waals surface area (Å²) in [6, 6.07) is 16.0. The fourth-order valence-electron chi connectivity index (χ4n) is 1.97. The van der Waals surface area contributed by atoms with Crippen molar-refractivity contribution in [2.75, 3.05) is 0 Å². The van der Waals surface area contributed by atoms with Crippen LogP contribution in [0, 0.1) is 0 Å². The van der Waals surface area contributed by atoms with Gasteiger partial charge in [0.05, 0.1) is 0 Å². The lowest BCUT2D eigenvalue weighted by atomic mass is 10.1. The van der Waals surface area contributed by atoms with Gasteiger partial charge in [0.25, 0.3) is 0 Å². The summed E-state index contributed by atoms with van der Waals surface area (Å²) in [6.45, 7) is 0.645. The van der Waals surface area contributed by atoms with Crippen molar-refractivity contribution in [3.05, 3.63) is 70.2 Å². The van der Waals surface area contributed by atoms with Crippen LogP contribution in [0.2, 0.25) is 5.02 Å². The lowest BCUT2D eigenvalue weighted by Gasteiger charge is -2.01. The lowest BCUT2D eigenvalue weighted by Crippen LogP contribution is -1.81. The molecule has 1 nitrogen and oxygen atoms in total. The Hall–Kier alpha value is -1.73. The Morgan fingerprint density at radius 3 is 2.65 bits per heavy atom. The highest BCUT2D eigenvalue weighted by Gasteiger charge is 2.16. The first-order valence-electron chi connectivity index (χ1n) is 5.52. The minimum Gasteiger partial charge on any atom is -0.488 e. The Labute approximate surface area is 105 Å². The van der Waals surface area contributed by atoms with E-state index in [9.17, 15) is 0 Å². The fraction of sp³-hybridized carbons (Fsp3) is 0.0667. The van der Waals surface area contributed by atoms with Gasteiger partial charge in [-0.15, -0.1) is 0 Å². The second-order valence-corrected chi connectivity index (χ2v) is 4.38. The van der Waals surface area contributed by atoms with Gasteiger partial charge in [-0.3, -0.25) is 0 Å². The molecule has 2 aromatic rings. The quantitative estimate of drug-likeness (QED) is 0.722. The van der Waals surface area contributed by atoms with E-state index in [4.69, 9.17) is 16.3 Å². The number of fused-ring (bicyclic) bond motifs is 1. The predicted octanol–water partition coefficient (Wildman–Crippen LogP) is 4.37. The number of rotatable bonds is 1. The number of ether oxygens (including phenoxy) is 1. The average molecular weight is 243 g/mol. The molecular weight excluding hydrogens is 232 g/mol. The molecule has 0 saturated heterocycles. The zero-order valence-corrected chi connectivity index (χ0v) is 9.95. The Morgan fingerprint density at radius 2 is 1.76 bits per heavy atom. The SMILES string of the molecule is Clc1ccccc1/C=C1\OCc2ccccc21. The molecule has 0 atom stereocenters. The largest absolute Gasteiger partial charge is 0.488 e. The van der Waals surface area contributed by atoms with Crippen LogP contribution in [0.15, 0.2) is 48.5 Å². The summed E-state index contributed by atoms with van der Waals surface area (Å²) in [5.41, 5.74) is 3.37. The van der Waals surface area contributed by atoms with E-state index in [-0.39, 0.29) is 0 Å². The molecule has 2 aromatic carbocycles. The number of benzene rings is 2. The summed E-state index contributed by atoms with van der Waals surface area (Å²) in [6.07, 6.45) is 1.99. The van der Waals surface area contributed by atoms with Crippen molar-refractivity contribution in [1.29, 1.82) is 0 Å². The average Bonchev–Trinajstić information content (AvgIpc) is 2.76. The maximum absolute atomic E-state index is 6.13. The van der Waals surface area contributed by atoms with Gasteiger partial charge in [-0.05, 0) is 17.7 Å². The summed E-state index contributed by atoms with van der Waals surface area (Å²) in [7, 11) is 0. The highest BCUT2D eigenvalue weighted by Crippen LogP contribution is 2.32. The molecule has 1 aliphatic rings. The molecule has 1 heterocycles. The molecule has 17 heavy (non-hydrogen) atoms. The van der Waals surface area contributed by atoms with Crippen LogP contribution in [0.5, 0.6) is 0 Å². The topological polar surface area (TPSA) is 9.23 Å². The van der Waals surface area contributed by atoms with E-state index in [0.717, 1.165) is 21.9 Å². The van der Waals surface area contributed by atoms with E-state index < -0.39 is 0 Å². The van der Waals surface area contributed by atoms with Crippen LogP contribution in [0.4, 0.5) is 0 Å². The van der Waals surface area contributed by atoms with Gasteiger partial charge >= 0.3 is 0 Å². The van der Waals surface area contributed by atoms with Gasteiger partial charge in [0, 0.05) is 16.1 Å². The Balaban J connectivity index is 2.05. The first-order valence-corrected chi connectivity index (χ1v) is 5.90. The van der Waals surface area contributed by atoms with Gasteiger partial charge in [0.1, 0.15) is 12.4 Å². The molecule has 0 spiro atoms. The van der Waals surface area contributed by atoms with E-state index in [1.54, 1.807) is 0 Å². The van der Waals surface area contributed by atoms with Crippen LogP contribution in [0.25, 0.3) is 11.8 Å².